The number of allylic oxidation sites excluding steroid dienone is 1. The Morgan fingerprint density at radius 3 is 2.60 bits per heavy atom. The Hall–Kier alpha value is -1.77. The first-order valence-electron chi connectivity index (χ1n) is 4.74. The number of aliphatic imine (C=N–C) groups is 1. The van der Waals surface area contributed by atoms with Gasteiger partial charge in [0.15, 0.2) is 0 Å². The lowest BCUT2D eigenvalue weighted by atomic mass is 10.0. The third-order valence-corrected chi connectivity index (χ3v) is 2.26. The molecule has 0 aliphatic heterocycles. The van der Waals surface area contributed by atoms with Gasteiger partial charge in [0.25, 0.3) is 0 Å². The first-order chi connectivity index (χ1) is 7.06. The third kappa shape index (κ3) is 2.59. The van der Waals surface area contributed by atoms with Crippen molar-refractivity contribution in [2.75, 3.05) is 7.05 Å². The van der Waals surface area contributed by atoms with Crippen LogP contribution in [0.25, 0.3) is 5.70 Å². The lowest BCUT2D eigenvalue weighted by molar-refractivity contribution is 0.470. The summed E-state index contributed by atoms with van der Waals surface area (Å²) >= 11 is 0. The van der Waals surface area contributed by atoms with Crippen molar-refractivity contribution in [2.24, 2.45) is 10.7 Å². The average molecular weight is 204 g/mol. The molecule has 1 rings (SSSR count). The van der Waals surface area contributed by atoms with Crippen LogP contribution >= 0.6 is 0 Å². The zero-order valence-corrected chi connectivity index (χ0v) is 9.28. The highest BCUT2D eigenvalue weighted by Crippen LogP contribution is 2.24. The van der Waals surface area contributed by atoms with Crippen molar-refractivity contribution in [3.63, 3.8) is 0 Å². The number of phenols is 1. The molecule has 1 aromatic rings. The summed E-state index contributed by atoms with van der Waals surface area (Å²) in [5.74, 6) is 0.299. The van der Waals surface area contributed by atoms with Crippen LogP contribution in [0.4, 0.5) is 0 Å². The molecule has 0 unspecified atom stereocenters. The number of phenolic OH excluding ortho intramolecular Hbond substituents is 1. The van der Waals surface area contributed by atoms with Crippen molar-refractivity contribution in [2.45, 2.75) is 13.8 Å². The number of benzene rings is 1. The summed E-state index contributed by atoms with van der Waals surface area (Å²) in [5.41, 5.74) is 9.25. The molecule has 0 amide bonds. The molecule has 0 atom stereocenters. The Morgan fingerprint density at radius 2 is 2.00 bits per heavy atom. The van der Waals surface area contributed by atoms with E-state index in [4.69, 9.17) is 5.73 Å². The number of hydrogen-bond donors (Lipinski definition) is 2. The van der Waals surface area contributed by atoms with Gasteiger partial charge in [-0.2, -0.15) is 0 Å². The van der Waals surface area contributed by atoms with E-state index in [0.717, 1.165) is 16.7 Å². The maximum absolute atomic E-state index is 9.50. The summed E-state index contributed by atoms with van der Waals surface area (Å²) in [6.45, 7) is 3.76. The number of rotatable bonds is 2. The van der Waals surface area contributed by atoms with Crippen molar-refractivity contribution < 1.29 is 5.11 Å². The van der Waals surface area contributed by atoms with Gasteiger partial charge in [-0.25, -0.2) is 0 Å². The smallest absolute Gasteiger partial charge is 0.118 e. The van der Waals surface area contributed by atoms with Gasteiger partial charge in [-0.05, 0) is 43.2 Å². The zero-order valence-electron chi connectivity index (χ0n) is 9.28. The zero-order chi connectivity index (χ0) is 11.4. The normalized spacial score (nSPS) is 12.3. The van der Waals surface area contributed by atoms with Crippen LogP contribution in [0, 0.1) is 13.8 Å². The Labute approximate surface area is 90.0 Å². The molecule has 0 aliphatic rings. The summed E-state index contributed by atoms with van der Waals surface area (Å²) in [4.78, 5) is 3.84. The fraction of sp³-hybridized carbons (Fsp3) is 0.250. The van der Waals surface area contributed by atoms with Crippen molar-refractivity contribution in [1.82, 2.24) is 0 Å². The molecule has 1 aromatic carbocycles. The minimum absolute atomic E-state index is 0.299. The Morgan fingerprint density at radius 1 is 1.33 bits per heavy atom. The highest BCUT2D eigenvalue weighted by molar-refractivity contribution is 5.84. The van der Waals surface area contributed by atoms with Gasteiger partial charge < -0.3 is 10.8 Å². The van der Waals surface area contributed by atoms with E-state index in [1.165, 1.54) is 0 Å². The van der Waals surface area contributed by atoms with E-state index < -0.39 is 0 Å². The van der Waals surface area contributed by atoms with Crippen molar-refractivity contribution in [3.05, 3.63) is 34.9 Å². The SMILES string of the molecule is CN=CC=C(N)c1cc(C)c(O)cc1C. The fourth-order valence-corrected chi connectivity index (χ4v) is 1.36. The van der Waals surface area contributed by atoms with Gasteiger partial charge in [-0.1, -0.05) is 0 Å². The van der Waals surface area contributed by atoms with E-state index in [1.54, 1.807) is 25.4 Å². The van der Waals surface area contributed by atoms with Gasteiger partial charge in [0.1, 0.15) is 5.75 Å². The molecule has 3 heteroatoms. The summed E-state index contributed by atoms with van der Waals surface area (Å²) in [7, 11) is 1.69. The van der Waals surface area contributed by atoms with Crippen LogP contribution in [-0.2, 0) is 0 Å². The maximum atomic E-state index is 9.50. The molecule has 3 nitrogen and oxygen atoms in total. The molecule has 0 bridgehead atoms. The van der Waals surface area contributed by atoms with Crippen LogP contribution in [0.15, 0.2) is 23.2 Å². The van der Waals surface area contributed by atoms with Crippen molar-refractivity contribution in [3.8, 4) is 5.75 Å². The van der Waals surface area contributed by atoms with Crippen LogP contribution in [0.5, 0.6) is 5.75 Å². The first kappa shape index (κ1) is 11.3. The fourth-order valence-electron chi connectivity index (χ4n) is 1.36. The molecular formula is C12H16N2O. The molecule has 3 N–H and O–H groups in total. The molecule has 0 radical (unpaired) electrons. The monoisotopic (exact) mass is 204 g/mol. The lowest BCUT2D eigenvalue weighted by Crippen LogP contribution is -2.00. The van der Waals surface area contributed by atoms with E-state index >= 15 is 0 Å². The van der Waals surface area contributed by atoms with Gasteiger partial charge in [-0.3, -0.25) is 4.99 Å². The van der Waals surface area contributed by atoms with E-state index in [2.05, 4.69) is 4.99 Å². The molecule has 15 heavy (non-hydrogen) atoms. The number of nitrogens with two attached hydrogens (primary N) is 1. The standard InChI is InChI=1S/C12H16N2O/c1-8-7-12(15)9(2)6-10(8)11(13)4-5-14-3/h4-7,15H,13H2,1-3H3. The summed E-state index contributed by atoms with van der Waals surface area (Å²) < 4.78 is 0. The Balaban J connectivity index is 3.20. The van der Waals surface area contributed by atoms with Gasteiger partial charge in [0, 0.05) is 24.5 Å². The molecule has 80 valence electrons. The number of aromatic hydroxyl groups is 1. The molecule has 0 spiro atoms. The predicted molar refractivity (Wildman–Crippen MR) is 64.2 cm³/mol. The lowest BCUT2D eigenvalue weighted by Gasteiger charge is -2.08. The van der Waals surface area contributed by atoms with E-state index in [1.807, 2.05) is 19.9 Å². The average Bonchev–Trinajstić information content (AvgIpc) is 2.20. The van der Waals surface area contributed by atoms with Gasteiger partial charge in [0.05, 0.1) is 0 Å². The molecule has 0 fully saturated rings. The van der Waals surface area contributed by atoms with Crippen molar-refractivity contribution >= 4 is 11.9 Å². The van der Waals surface area contributed by atoms with Crippen molar-refractivity contribution in [1.29, 1.82) is 0 Å². The topological polar surface area (TPSA) is 58.6 Å². The van der Waals surface area contributed by atoms with Gasteiger partial charge >= 0.3 is 0 Å². The number of hydrogen-bond acceptors (Lipinski definition) is 3. The summed E-state index contributed by atoms with van der Waals surface area (Å²) in [6, 6.07) is 3.59. The highest BCUT2D eigenvalue weighted by atomic mass is 16.3. The molecular weight excluding hydrogens is 188 g/mol. The van der Waals surface area contributed by atoms with Gasteiger partial charge in [-0.15, -0.1) is 0 Å². The second-order valence-electron chi connectivity index (χ2n) is 3.48. The van der Waals surface area contributed by atoms with E-state index in [-0.39, 0.29) is 0 Å². The number of aryl methyl sites for hydroxylation is 2. The third-order valence-electron chi connectivity index (χ3n) is 2.26. The predicted octanol–water partition coefficient (Wildman–Crippen LogP) is 2.01. The molecule has 0 aliphatic carbocycles. The second kappa shape index (κ2) is 4.64. The maximum Gasteiger partial charge on any atom is 0.118 e. The van der Waals surface area contributed by atoms with Crippen LogP contribution in [-0.4, -0.2) is 18.4 Å². The van der Waals surface area contributed by atoms with E-state index in [0.29, 0.717) is 11.4 Å². The molecule has 0 heterocycles. The van der Waals surface area contributed by atoms with Crippen LogP contribution in [0.2, 0.25) is 0 Å². The molecule has 0 saturated carbocycles. The van der Waals surface area contributed by atoms with Crippen LogP contribution in [0.3, 0.4) is 0 Å². The molecule has 0 saturated heterocycles. The minimum atomic E-state index is 0.299. The van der Waals surface area contributed by atoms with Crippen LogP contribution < -0.4 is 5.73 Å². The summed E-state index contributed by atoms with van der Waals surface area (Å²) in [5, 5.41) is 9.50. The number of nitrogens with zero attached hydrogens (tertiary/aromatic N) is 1. The summed E-state index contributed by atoms with van der Waals surface area (Å²) in [6.07, 6.45) is 3.40. The first-order valence-corrected chi connectivity index (χ1v) is 4.74. The van der Waals surface area contributed by atoms with Gasteiger partial charge in [0.2, 0.25) is 0 Å². The molecule has 0 aromatic heterocycles. The van der Waals surface area contributed by atoms with E-state index in [9.17, 15) is 5.11 Å². The van der Waals surface area contributed by atoms with Crippen LogP contribution in [0.1, 0.15) is 16.7 Å². The minimum Gasteiger partial charge on any atom is -0.508 e. The Kier molecular flexibility index (Phi) is 3.50. The largest absolute Gasteiger partial charge is 0.508 e. The second-order valence-corrected chi connectivity index (χ2v) is 3.48. The Bertz CT molecular complexity index is 420. The quantitative estimate of drug-likeness (QED) is 0.724. The highest BCUT2D eigenvalue weighted by Gasteiger charge is 2.04.